The Bertz CT molecular complexity index is 255. The van der Waals surface area contributed by atoms with Crippen LogP contribution in [-0.4, -0.2) is 18.5 Å². The SMILES string of the molecule is CCc1ccccc1CN(C)CC. The first kappa shape index (κ1) is 10.3. The first-order valence-corrected chi connectivity index (χ1v) is 5.03. The van der Waals surface area contributed by atoms with Crippen molar-refractivity contribution in [1.82, 2.24) is 4.90 Å². The van der Waals surface area contributed by atoms with Crippen molar-refractivity contribution in [3.05, 3.63) is 35.4 Å². The highest BCUT2D eigenvalue weighted by molar-refractivity contribution is 5.26. The number of aryl methyl sites for hydroxylation is 1. The van der Waals surface area contributed by atoms with E-state index in [1.165, 1.54) is 11.1 Å². The summed E-state index contributed by atoms with van der Waals surface area (Å²) in [6.07, 6.45) is 1.13. The molecule has 1 rings (SSSR count). The Labute approximate surface area is 81.4 Å². The Morgan fingerprint density at radius 2 is 1.69 bits per heavy atom. The van der Waals surface area contributed by atoms with E-state index in [9.17, 15) is 0 Å². The van der Waals surface area contributed by atoms with Crippen molar-refractivity contribution in [2.45, 2.75) is 26.8 Å². The highest BCUT2D eigenvalue weighted by atomic mass is 15.1. The molecule has 0 fully saturated rings. The van der Waals surface area contributed by atoms with E-state index in [0.29, 0.717) is 0 Å². The Morgan fingerprint density at radius 1 is 1.08 bits per heavy atom. The molecule has 0 saturated carbocycles. The maximum atomic E-state index is 2.33. The lowest BCUT2D eigenvalue weighted by molar-refractivity contribution is 0.344. The molecule has 0 amide bonds. The molecule has 0 saturated heterocycles. The van der Waals surface area contributed by atoms with Crippen molar-refractivity contribution in [3.8, 4) is 0 Å². The van der Waals surface area contributed by atoms with Crippen LogP contribution >= 0.6 is 0 Å². The summed E-state index contributed by atoms with van der Waals surface area (Å²) in [6, 6.07) is 8.69. The van der Waals surface area contributed by atoms with E-state index in [1.807, 2.05) is 0 Å². The molecular formula is C12H19N. The van der Waals surface area contributed by atoms with Gasteiger partial charge in [0.2, 0.25) is 0 Å². The van der Waals surface area contributed by atoms with E-state index in [-0.39, 0.29) is 0 Å². The van der Waals surface area contributed by atoms with Crippen molar-refractivity contribution in [3.63, 3.8) is 0 Å². The second kappa shape index (κ2) is 5.03. The second-order valence-corrected chi connectivity index (χ2v) is 3.45. The summed E-state index contributed by atoms with van der Waals surface area (Å²) in [7, 11) is 2.16. The van der Waals surface area contributed by atoms with Crippen molar-refractivity contribution >= 4 is 0 Å². The molecule has 0 N–H and O–H groups in total. The molecule has 0 bridgehead atoms. The molecule has 0 atom stereocenters. The molecule has 1 aromatic carbocycles. The average Bonchev–Trinajstić information content (AvgIpc) is 2.18. The minimum Gasteiger partial charge on any atom is -0.302 e. The summed E-state index contributed by atoms with van der Waals surface area (Å²) in [6.45, 7) is 6.58. The van der Waals surface area contributed by atoms with Crippen molar-refractivity contribution in [1.29, 1.82) is 0 Å². The topological polar surface area (TPSA) is 3.24 Å². The normalized spacial score (nSPS) is 10.8. The summed E-state index contributed by atoms with van der Waals surface area (Å²) in [4.78, 5) is 2.33. The standard InChI is InChI=1S/C12H19N/c1-4-11-8-6-7-9-12(11)10-13(3)5-2/h6-9H,4-5,10H2,1-3H3. The third-order valence-corrected chi connectivity index (χ3v) is 2.48. The van der Waals surface area contributed by atoms with Gasteiger partial charge in [-0.15, -0.1) is 0 Å². The lowest BCUT2D eigenvalue weighted by atomic mass is 10.1. The molecule has 0 aliphatic heterocycles. The highest BCUT2D eigenvalue weighted by Crippen LogP contribution is 2.11. The number of hydrogen-bond acceptors (Lipinski definition) is 1. The zero-order valence-corrected chi connectivity index (χ0v) is 8.88. The lowest BCUT2D eigenvalue weighted by Gasteiger charge is -2.16. The molecular weight excluding hydrogens is 158 g/mol. The Kier molecular flexibility index (Phi) is 3.97. The molecule has 0 aliphatic rings. The second-order valence-electron chi connectivity index (χ2n) is 3.45. The third kappa shape index (κ3) is 2.85. The molecule has 1 heteroatoms. The van der Waals surface area contributed by atoms with Crippen LogP contribution in [0.5, 0.6) is 0 Å². The van der Waals surface area contributed by atoms with E-state index in [2.05, 4.69) is 50.1 Å². The van der Waals surface area contributed by atoms with Gasteiger partial charge in [0.25, 0.3) is 0 Å². The molecule has 1 aromatic rings. The van der Waals surface area contributed by atoms with E-state index in [1.54, 1.807) is 0 Å². The van der Waals surface area contributed by atoms with Crippen LogP contribution in [0.25, 0.3) is 0 Å². The van der Waals surface area contributed by atoms with Crippen molar-refractivity contribution in [2.75, 3.05) is 13.6 Å². The quantitative estimate of drug-likeness (QED) is 0.683. The maximum absolute atomic E-state index is 2.33. The van der Waals surface area contributed by atoms with Crippen LogP contribution in [-0.2, 0) is 13.0 Å². The fourth-order valence-electron chi connectivity index (χ4n) is 1.46. The fourth-order valence-corrected chi connectivity index (χ4v) is 1.46. The Balaban J connectivity index is 2.74. The Hall–Kier alpha value is -0.820. The van der Waals surface area contributed by atoms with Gasteiger partial charge in [-0.05, 0) is 31.1 Å². The smallest absolute Gasteiger partial charge is 0.0233 e. The number of hydrogen-bond donors (Lipinski definition) is 0. The van der Waals surface area contributed by atoms with Crippen LogP contribution in [0.1, 0.15) is 25.0 Å². The van der Waals surface area contributed by atoms with E-state index < -0.39 is 0 Å². The summed E-state index contributed by atoms with van der Waals surface area (Å²) in [5, 5.41) is 0. The fraction of sp³-hybridized carbons (Fsp3) is 0.500. The summed E-state index contributed by atoms with van der Waals surface area (Å²) >= 11 is 0. The zero-order valence-electron chi connectivity index (χ0n) is 8.88. The number of benzene rings is 1. The van der Waals surface area contributed by atoms with E-state index in [0.717, 1.165) is 19.5 Å². The predicted octanol–water partition coefficient (Wildman–Crippen LogP) is 2.70. The summed E-state index contributed by atoms with van der Waals surface area (Å²) in [5.41, 5.74) is 2.94. The summed E-state index contributed by atoms with van der Waals surface area (Å²) < 4.78 is 0. The average molecular weight is 177 g/mol. The summed E-state index contributed by atoms with van der Waals surface area (Å²) in [5.74, 6) is 0. The van der Waals surface area contributed by atoms with Crippen molar-refractivity contribution < 1.29 is 0 Å². The van der Waals surface area contributed by atoms with Gasteiger partial charge in [0.1, 0.15) is 0 Å². The first-order valence-electron chi connectivity index (χ1n) is 5.03. The third-order valence-electron chi connectivity index (χ3n) is 2.48. The minimum atomic E-state index is 1.07. The van der Waals surface area contributed by atoms with Gasteiger partial charge in [0, 0.05) is 6.54 Å². The monoisotopic (exact) mass is 177 g/mol. The number of rotatable bonds is 4. The predicted molar refractivity (Wildman–Crippen MR) is 57.8 cm³/mol. The van der Waals surface area contributed by atoms with E-state index >= 15 is 0 Å². The van der Waals surface area contributed by atoms with E-state index in [4.69, 9.17) is 0 Å². The molecule has 13 heavy (non-hydrogen) atoms. The number of nitrogens with zero attached hydrogens (tertiary/aromatic N) is 1. The molecule has 0 heterocycles. The van der Waals surface area contributed by atoms with Crippen LogP contribution in [0.3, 0.4) is 0 Å². The molecule has 1 nitrogen and oxygen atoms in total. The maximum Gasteiger partial charge on any atom is 0.0233 e. The van der Waals surface area contributed by atoms with Crippen LogP contribution in [0, 0.1) is 0 Å². The van der Waals surface area contributed by atoms with Gasteiger partial charge >= 0.3 is 0 Å². The molecule has 0 spiro atoms. The van der Waals surface area contributed by atoms with Gasteiger partial charge in [-0.3, -0.25) is 0 Å². The zero-order chi connectivity index (χ0) is 9.68. The van der Waals surface area contributed by atoms with Gasteiger partial charge in [0.05, 0.1) is 0 Å². The molecule has 0 aliphatic carbocycles. The molecule has 0 radical (unpaired) electrons. The van der Waals surface area contributed by atoms with Gasteiger partial charge in [0.15, 0.2) is 0 Å². The molecule has 0 aromatic heterocycles. The van der Waals surface area contributed by atoms with Gasteiger partial charge < -0.3 is 4.90 Å². The van der Waals surface area contributed by atoms with Crippen molar-refractivity contribution in [2.24, 2.45) is 0 Å². The lowest BCUT2D eigenvalue weighted by Crippen LogP contribution is -2.17. The van der Waals surface area contributed by atoms with Crippen LogP contribution in [0.2, 0.25) is 0 Å². The van der Waals surface area contributed by atoms with Crippen LogP contribution < -0.4 is 0 Å². The van der Waals surface area contributed by atoms with Gasteiger partial charge in [-0.1, -0.05) is 38.1 Å². The van der Waals surface area contributed by atoms with Crippen LogP contribution in [0.4, 0.5) is 0 Å². The minimum absolute atomic E-state index is 1.07. The van der Waals surface area contributed by atoms with Crippen LogP contribution in [0.15, 0.2) is 24.3 Å². The highest BCUT2D eigenvalue weighted by Gasteiger charge is 2.01. The molecule has 72 valence electrons. The van der Waals surface area contributed by atoms with Gasteiger partial charge in [-0.25, -0.2) is 0 Å². The largest absolute Gasteiger partial charge is 0.302 e. The van der Waals surface area contributed by atoms with Gasteiger partial charge in [-0.2, -0.15) is 0 Å². The Morgan fingerprint density at radius 3 is 2.23 bits per heavy atom. The molecule has 0 unspecified atom stereocenters. The first-order chi connectivity index (χ1) is 6.27.